The molecule has 4 heteroatoms. The summed E-state index contributed by atoms with van der Waals surface area (Å²) in [6, 6.07) is 8.13. The number of thioether (sulfide) groups is 1. The van der Waals surface area contributed by atoms with Crippen molar-refractivity contribution in [1.29, 1.82) is 0 Å². The van der Waals surface area contributed by atoms with Gasteiger partial charge in [0.15, 0.2) is 5.16 Å². The van der Waals surface area contributed by atoms with Gasteiger partial charge in [0.2, 0.25) is 0 Å². The Balaban J connectivity index is 1.76. The van der Waals surface area contributed by atoms with Crippen LogP contribution >= 0.6 is 11.8 Å². The maximum absolute atomic E-state index is 5.70. The largest absolute Gasteiger partial charge is 0.493 e. The average Bonchev–Trinajstić information content (AvgIpc) is 2.82. The molecule has 96 valence electrons. The van der Waals surface area contributed by atoms with Crippen LogP contribution in [0.2, 0.25) is 0 Å². The number of hydrogen-bond donors (Lipinski definition) is 0. The zero-order valence-electron chi connectivity index (χ0n) is 10.8. The Morgan fingerprint density at radius 2 is 2.28 bits per heavy atom. The third-order valence-electron chi connectivity index (χ3n) is 2.59. The number of aryl methyl sites for hydroxylation is 2. The Bertz CT molecular complexity index is 496. The second-order valence-electron chi connectivity index (χ2n) is 4.01. The first-order valence-corrected chi connectivity index (χ1v) is 7.11. The van der Waals surface area contributed by atoms with Crippen molar-refractivity contribution in [1.82, 2.24) is 9.55 Å². The Hall–Kier alpha value is -1.42. The molecular weight excluding hydrogens is 244 g/mol. The third kappa shape index (κ3) is 3.53. The van der Waals surface area contributed by atoms with E-state index < -0.39 is 0 Å². The van der Waals surface area contributed by atoms with Gasteiger partial charge < -0.3 is 9.30 Å². The van der Waals surface area contributed by atoms with E-state index in [0.29, 0.717) is 6.61 Å². The number of nitrogens with zero attached hydrogens (tertiary/aromatic N) is 2. The van der Waals surface area contributed by atoms with Gasteiger partial charge in [0.05, 0.1) is 6.61 Å². The Labute approximate surface area is 112 Å². The van der Waals surface area contributed by atoms with E-state index >= 15 is 0 Å². The maximum Gasteiger partial charge on any atom is 0.168 e. The van der Waals surface area contributed by atoms with Gasteiger partial charge in [-0.3, -0.25) is 0 Å². The van der Waals surface area contributed by atoms with Gasteiger partial charge in [0, 0.05) is 24.7 Å². The minimum Gasteiger partial charge on any atom is -0.493 e. The van der Waals surface area contributed by atoms with Crippen molar-refractivity contribution in [2.45, 2.75) is 25.5 Å². The number of aromatic nitrogens is 2. The van der Waals surface area contributed by atoms with E-state index in [9.17, 15) is 0 Å². The first-order valence-electron chi connectivity index (χ1n) is 6.13. The van der Waals surface area contributed by atoms with Crippen molar-refractivity contribution < 1.29 is 4.74 Å². The minimum atomic E-state index is 0.699. The molecule has 3 nitrogen and oxygen atoms in total. The molecule has 0 radical (unpaired) electrons. The van der Waals surface area contributed by atoms with Crippen molar-refractivity contribution in [3.63, 3.8) is 0 Å². The predicted molar refractivity (Wildman–Crippen MR) is 75.3 cm³/mol. The fourth-order valence-corrected chi connectivity index (χ4v) is 2.51. The summed E-state index contributed by atoms with van der Waals surface area (Å²) in [5.74, 6) is 1.85. The van der Waals surface area contributed by atoms with Crippen molar-refractivity contribution in [2.75, 3.05) is 12.4 Å². The summed E-state index contributed by atoms with van der Waals surface area (Å²) >= 11 is 1.73. The Morgan fingerprint density at radius 3 is 3.06 bits per heavy atom. The molecule has 0 N–H and O–H groups in total. The van der Waals surface area contributed by atoms with Gasteiger partial charge in [-0.05, 0) is 31.5 Å². The molecule has 2 rings (SSSR count). The van der Waals surface area contributed by atoms with Crippen molar-refractivity contribution >= 4 is 11.8 Å². The van der Waals surface area contributed by atoms with Crippen molar-refractivity contribution in [3.05, 3.63) is 42.2 Å². The van der Waals surface area contributed by atoms with Crippen LogP contribution in [-0.4, -0.2) is 21.9 Å². The molecule has 0 saturated heterocycles. The SMILES string of the molecule is CCn1ccnc1SCCOc1cccc(C)c1. The molecule has 0 spiro atoms. The highest BCUT2D eigenvalue weighted by Gasteiger charge is 2.01. The lowest BCUT2D eigenvalue weighted by molar-refractivity contribution is 0.343. The molecular formula is C14H18N2OS. The smallest absolute Gasteiger partial charge is 0.168 e. The Kier molecular flexibility index (Phi) is 4.70. The van der Waals surface area contributed by atoms with Crippen LogP contribution in [0.4, 0.5) is 0 Å². The highest BCUT2D eigenvalue weighted by atomic mass is 32.2. The molecule has 1 aromatic carbocycles. The molecule has 0 saturated carbocycles. The molecule has 0 aliphatic carbocycles. The third-order valence-corrected chi connectivity index (χ3v) is 3.56. The zero-order valence-corrected chi connectivity index (χ0v) is 11.6. The fourth-order valence-electron chi connectivity index (χ4n) is 1.67. The first kappa shape index (κ1) is 13.0. The highest BCUT2D eigenvalue weighted by Crippen LogP contribution is 2.17. The van der Waals surface area contributed by atoms with Crippen LogP contribution in [0.1, 0.15) is 12.5 Å². The van der Waals surface area contributed by atoms with E-state index in [0.717, 1.165) is 23.2 Å². The standard InChI is InChI=1S/C14H18N2OS/c1-3-16-8-7-15-14(16)18-10-9-17-13-6-4-5-12(2)11-13/h4-8,11H,3,9-10H2,1-2H3. The molecule has 1 heterocycles. The summed E-state index contributed by atoms with van der Waals surface area (Å²) in [6.07, 6.45) is 3.84. The molecule has 1 aromatic heterocycles. The number of ether oxygens (including phenoxy) is 1. The first-order chi connectivity index (χ1) is 8.79. The number of benzene rings is 1. The van der Waals surface area contributed by atoms with Gasteiger partial charge in [0.1, 0.15) is 5.75 Å². The van der Waals surface area contributed by atoms with Crippen LogP contribution in [0.25, 0.3) is 0 Å². The Morgan fingerprint density at radius 1 is 1.39 bits per heavy atom. The highest BCUT2D eigenvalue weighted by molar-refractivity contribution is 7.99. The number of hydrogen-bond acceptors (Lipinski definition) is 3. The molecule has 0 bridgehead atoms. The van der Waals surface area contributed by atoms with Crippen molar-refractivity contribution in [3.8, 4) is 5.75 Å². The summed E-state index contributed by atoms with van der Waals surface area (Å²) < 4.78 is 7.84. The van der Waals surface area contributed by atoms with Crippen LogP contribution in [0.15, 0.2) is 41.8 Å². The van der Waals surface area contributed by atoms with E-state index in [4.69, 9.17) is 4.74 Å². The molecule has 0 fully saturated rings. The zero-order chi connectivity index (χ0) is 12.8. The molecule has 0 aliphatic heterocycles. The van der Waals surface area contributed by atoms with Gasteiger partial charge in [-0.1, -0.05) is 23.9 Å². The molecule has 0 aliphatic rings. The van der Waals surface area contributed by atoms with Gasteiger partial charge >= 0.3 is 0 Å². The molecule has 0 unspecified atom stereocenters. The second kappa shape index (κ2) is 6.50. The van der Waals surface area contributed by atoms with Gasteiger partial charge in [-0.25, -0.2) is 4.98 Å². The molecule has 0 atom stereocenters. The van der Waals surface area contributed by atoms with Gasteiger partial charge in [0.25, 0.3) is 0 Å². The van der Waals surface area contributed by atoms with E-state index in [1.165, 1.54) is 5.56 Å². The normalized spacial score (nSPS) is 10.6. The lowest BCUT2D eigenvalue weighted by Crippen LogP contribution is -2.02. The molecule has 0 amide bonds. The maximum atomic E-state index is 5.70. The minimum absolute atomic E-state index is 0.699. The lowest BCUT2D eigenvalue weighted by Gasteiger charge is -2.07. The van der Waals surface area contributed by atoms with E-state index in [1.807, 2.05) is 24.5 Å². The summed E-state index contributed by atoms with van der Waals surface area (Å²) in [5.41, 5.74) is 1.22. The molecule has 18 heavy (non-hydrogen) atoms. The van der Waals surface area contributed by atoms with Crippen LogP contribution in [-0.2, 0) is 6.54 Å². The lowest BCUT2D eigenvalue weighted by atomic mass is 10.2. The number of rotatable bonds is 6. The van der Waals surface area contributed by atoms with E-state index in [-0.39, 0.29) is 0 Å². The monoisotopic (exact) mass is 262 g/mol. The van der Waals surface area contributed by atoms with Gasteiger partial charge in [-0.15, -0.1) is 0 Å². The summed E-state index contributed by atoms with van der Waals surface area (Å²) in [7, 11) is 0. The van der Waals surface area contributed by atoms with Crippen LogP contribution in [0.5, 0.6) is 5.75 Å². The quantitative estimate of drug-likeness (QED) is 0.590. The van der Waals surface area contributed by atoms with Crippen molar-refractivity contribution in [2.24, 2.45) is 0 Å². The number of imidazole rings is 1. The second-order valence-corrected chi connectivity index (χ2v) is 5.07. The fraction of sp³-hybridized carbons (Fsp3) is 0.357. The van der Waals surface area contributed by atoms with Gasteiger partial charge in [-0.2, -0.15) is 0 Å². The predicted octanol–water partition coefficient (Wildman–Crippen LogP) is 3.38. The summed E-state index contributed by atoms with van der Waals surface area (Å²) in [5, 5.41) is 1.06. The van der Waals surface area contributed by atoms with E-state index in [1.54, 1.807) is 11.8 Å². The van der Waals surface area contributed by atoms with Crippen LogP contribution in [0.3, 0.4) is 0 Å². The van der Waals surface area contributed by atoms with E-state index in [2.05, 4.69) is 35.5 Å². The summed E-state index contributed by atoms with van der Waals surface area (Å²) in [6.45, 7) is 5.85. The van der Waals surface area contributed by atoms with Crippen LogP contribution < -0.4 is 4.74 Å². The summed E-state index contributed by atoms with van der Waals surface area (Å²) in [4.78, 5) is 4.32. The van der Waals surface area contributed by atoms with Crippen LogP contribution in [0, 0.1) is 6.92 Å². The average molecular weight is 262 g/mol. The molecule has 2 aromatic rings. The topological polar surface area (TPSA) is 27.1 Å².